The van der Waals surface area contributed by atoms with E-state index in [2.05, 4.69) is 27.4 Å². The first kappa shape index (κ1) is 17.8. The van der Waals surface area contributed by atoms with Crippen LogP contribution in [0.1, 0.15) is 27.7 Å². The zero-order valence-electron chi connectivity index (χ0n) is 11.4. The van der Waals surface area contributed by atoms with Gasteiger partial charge in [0.1, 0.15) is 0 Å². The van der Waals surface area contributed by atoms with Crippen molar-refractivity contribution >= 4 is 5.97 Å². The number of quaternary nitrogens is 1. The summed E-state index contributed by atoms with van der Waals surface area (Å²) in [6, 6.07) is 0. The standard InChI is InChI=1S/C12H24NO2.ClH/c1-9(2)10(14)15-11(12(3,4)5)13(6,7)8;/h11H,1H2,2-8H3;1H/q+1;/p-1. The molecule has 3 nitrogen and oxygen atoms in total. The van der Waals surface area contributed by atoms with Crippen LogP contribution in [0.2, 0.25) is 0 Å². The summed E-state index contributed by atoms with van der Waals surface area (Å²) >= 11 is 0. The average molecular weight is 250 g/mol. The number of carbonyl (C=O) groups excluding carboxylic acids is 1. The Balaban J connectivity index is 0. The molecule has 16 heavy (non-hydrogen) atoms. The van der Waals surface area contributed by atoms with E-state index in [9.17, 15) is 4.79 Å². The minimum Gasteiger partial charge on any atom is -1.00 e. The van der Waals surface area contributed by atoms with Gasteiger partial charge < -0.3 is 17.1 Å². The minimum atomic E-state index is -0.317. The van der Waals surface area contributed by atoms with Gasteiger partial charge in [0.25, 0.3) is 0 Å². The highest BCUT2D eigenvalue weighted by Gasteiger charge is 2.39. The van der Waals surface area contributed by atoms with Gasteiger partial charge in [-0.1, -0.05) is 27.4 Å². The zero-order chi connectivity index (χ0) is 12.4. The summed E-state index contributed by atoms with van der Waals surface area (Å²) in [7, 11) is 6.05. The second-order valence-corrected chi connectivity index (χ2v) is 6.02. The molecule has 0 aliphatic rings. The van der Waals surface area contributed by atoms with Crippen molar-refractivity contribution < 1.29 is 26.4 Å². The van der Waals surface area contributed by atoms with E-state index in [1.807, 2.05) is 21.1 Å². The van der Waals surface area contributed by atoms with Gasteiger partial charge >= 0.3 is 5.97 Å². The Morgan fingerprint density at radius 1 is 1.25 bits per heavy atom. The summed E-state index contributed by atoms with van der Waals surface area (Å²) in [5.41, 5.74) is 0.348. The van der Waals surface area contributed by atoms with E-state index in [1.54, 1.807) is 6.92 Å². The Kier molecular flexibility index (Phi) is 6.34. The smallest absolute Gasteiger partial charge is 0.337 e. The predicted molar refractivity (Wildman–Crippen MR) is 62.2 cm³/mol. The number of carbonyl (C=O) groups is 1. The van der Waals surface area contributed by atoms with E-state index in [0.717, 1.165) is 0 Å². The molecular formula is C12H24ClNO2. The van der Waals surface area contributed by atoms with Crippen molar-refractivity contribution in [2.24, 2.45) is 5.41 Å². The molecule has 96 valence electrons. The largest absolute Gasteiger partial charge is 1.00 e. The van der Waals surface area contributed by atoms with Crippen molar-refractivity contribution in [1.29, 1.82) is 0 Å². The molecule has 1 unspecified atom stereocenters. The van der Waals surface area contributed by atoms with Gasteiger partial charge in [0.15, 0.2) is 0 Å². The van der Waals surface area contributed by atoms with Crippen molar-refractivity contribution in [3.63, 3.8) is 0 Å². The molecule has 0 heterocycles. The molecule has 0 aliphatic carbocycles. The Labute approximate surface area is 105 Å². The number of halogens is 1. The molecule has 0 saturated carbocycles. The SMILES string of the molecule is C=C(C)C(=O)OC(C(C)(C)C)[N+](C)(C)C.[Cl-]. The van der Waals surface area contributed by atoms with E-state index < -0.39 is 0 Å². The summed E-state index contributed by atoms with van der Waals surface area (Å²) in [6.07, 6.45) is -0.179. The van der Waals surface area contributed by atoms with Crippen molar-refractivity contribution in [3.05, 3.63) is 12.2 Å². The fraction of sp³-hybridized carbons (Fsp3) is 0.750. The van der Waals surface area contributed by atoms with Gasteiger partial charge in [-0.3, -0.25) is 4.48 Å². The molecule has 0 fully saturated rings. The summed E-state index contributed by atoms with van der Waals surface area (Å²) in [4.78, 5) is 11.5. The minimum absolute atomic E-state index is 0. The van der Waals surface area contributed by atoms with Gasteiger partial charge in [-0.25, -0.2) is 4.79 Å². The fourth-order valence-corrected chi connectivity index (χ4v) is 1.70. The van der Waals surface area contributed by atoms with Crippen LogP contribution in [-0.4, -0.2) is 37.8 Å². The Hall–Kier alpha value is -0.540. The van der Waals surface area contributed by atoms with Crippen LogP contribution >= 0.6 is 0 Å². The van der Waals surface area contributed by atoms with Crippen molar-refractivity contribution in [3.8, 4) is 0 Å². The number of hydrogen-bond donors (Lipinski definition) is 0. The number of rotatable bonds is 3. The maximum absolute atomic E-state index is 11.5. The first-order chi connectivity index (χ1) is 6.46. The van der Waals surface area contributed by atoms with Crippen LogP contribution in [0.3, 0.4) is 0 Å². The van der Waals surface area contributed by atoms with Gasteiger partial charge in [-0.05, 0) is 6.92 Å². The molecule has 0 bridgehead atoms. The Morgan fingerprint density at radius 3 is 1.81 bits per heavy atom. The second kappa shape index (κ2) is 5.69. The van der Waals surface area contributed by atoms with E-state index in [0.29, 0.717) is 10.1 Å². The average Bonchev–Trinajstić information content (AvgIpc) is 1.94. The molecule has 0 radical (unpaired) electrons. The van der Waals surface area contributed by atoms with E-state index >= 15 is 0 Å². The molecule has 0 spiro atoms. The quantitative estimate of drug-likeness (QED) is 0.283. The number of nitrogens with zero attached hydrogens (tertiary/aromatic N) is 1. The third-order valence-electron chi connectivity index (χ3n) is 2.01. The van der Waals surface area contributed by atoms with E-state index in [1.165, 1.54) is 0 Å². The highest BCUT2D eigenvalue weighted by Crippen LogP contribution is 2.27. The third-order valence-corrected chi connectivity index (χ3v) is 2.01. The number of ether oxygens (including phenoxy) is 1. The summed E-state index contributed by atoms with van der Waals surface area (Å²) in [6.45, 7) is 11.4. The van der Waals surface area contributed by atoms with Crippen LogP contribution in [0.5, 0.6) is 0 Å². The van der Waals surface area contributed by atoms with Gasteiger partial charge in [0, 0.05) is 5.57 Å². The number of hydrogen-bond acceptors (Lipinski definition) is 2. The van der Waals surface area contributed by atoms with Crippen LogP contribution in [0.25, 0.3) is 0 Å². The van der Waals surface area contributed by atoms with Gasteiger partial charge in [-0.15, -0.1) is 0 Å². The Morgan fingerprint density at radius 2 is 1.62 bits per heavy atom. The van der Waals surface area contributed by atoms with Gasteiger partial charge in [0.2, 0.25) is 6.23 Å². The molecule has 4 heteroatoms. The zero-order valence-corrected chi connectivity index (χ0v) is 12.2. The van der Waals surface area contributed by atoms with Crippen molar-refractivity contribution in [1.82, 2.24) is 0 Å². The number of esters is 1. The van der Waals surface area contributed by atoms with E-state index in [-0.39, 0.29) is 30.0 Å². The molecule has 0 N–H and O–H groups in total. The highest BCUT2D eigenvalue weighted by molar-refractivity contribution is 5.87. The van der Waals surface area contributed by atoms with Crippen LogP contribution in [0.15, 0.2) is 12.2 Å². The molecule has 0 saturated heterocycles. The van der Waals surface area contributed by atoms with Gasteiger partial charge in [-0.2, -0.15) is 0 Å². The monoisotopic (exact) mass is 249 g/mol. The lowest BCUT2D eigenvalue weighted by Crippen LogP contribution is -3.00. The van der Waals surface area contributed by atoms with Crippen LogP contribution in [-0.2, 0) is 9.53 Å². The molecule has 0 aromatic rings. The van der Waals surface area contributed by atoms with Crippen LogP contribution < -0.4 is 12.4 Å². The summed E-state index contributed by atoms with van der Waals surface area (Å²) in [5.74, 6) is -0.317. The van der Waals surface area contributed by atoms with E-state index in [4.69, 9.17) is 4.74 Å². The van der Waals surface area contributed by atoms with Crippen molar-refractivity contribution in [2.75, 3.05) is 21.1 Å². The topological polar surface area (TPSA) is 26.3 Å². The maximum atomic E-state index is 11.5. The maximum Gasteiger partial charge on any atom is 0.337 e. The van der Waals surface area contributed by atoms with Crippen LogP contribution in [0.4, 0.5) is 0 Å². The third kappa shape index (κ3) is 5.52. The lowest BCUT2D eigenvalue weighted by Gasteiger charge is -2.40. The molecule has 1 atom stereocenters. The highest BCUT2D eigenvalue weighted by atomic mass is 35.5. The van der Waals surface area contributed by atoms with Crippen LogP contribution in [0, 0.1) is 5.41 Å². The molecule has 0 rings (SSSR count). The van der Waals surface area contributed by atoms with Gasteiger partial charge in [0.05, 0.1) is 26.6 Å². The fourth-order valence-electron chi connectivity index (χ4n) is 1.70. The first-order valence-electron chi connectivity index (χ1n) is 5.14. The summed E-state index contributed by atoms with van der Waals surface area (Å²) in [5, 5.41) is 0. The Bertz CT molecular complexity index is 247. The lowest BCUT2D eigenvalue weighted by atomic mass is 9.92. The molecule has 0 aromatic heterocycles. The first-order valence-corrected chi connectivity index (χ1v) is 5.14. The molecule has 0 aromatic carbocycles. The molecule has 0 aliphatic heterocycles. The second-order valence-electron chi connectivity index (χ2n) is 6.02. The molecular weight excluding hydrogens is 226 g/mol. The van der Waals surface area contributed by atoms with Crippen molar-refractivity contribution in [2.45, 2.75) is 33.9 Å². The predicted octanol–water partition coefficient (Wildman–Crippen LogP) is -0.812. The summed E-state index contributed by atoms with van der Waals surface area (Å²) < 4.78 is 6.06. The molecule has 0 amide bonds. The normalized spacial score (nSPS) is 13.7. The lowest BCUT2D eigenvalue weighted by molar-refractivity contribution is -0.924.